The van der Waals surface area contributed by atoms with Crippen LogP contribution in [0, 0.1) is 0 Å². The molecule has 128 valence electrons. The molecule has 0 fully saturated rings. The summed E-state index contributed by atoms with van der Waals surface area (Å²) in [5.41, 5.74) is 2.53. The summed E-state index contributed by atoms with van der Waals surface area (Å²) in [6.07, 6.45) is 2.29. The van der Waals surface area contributed by atoms with E-state index < -0.39 is 0 Å². The normalized spacial score (nSPS) is 11.2. The van der Waals surface area contributed by atoms with Crippen molar-refractivity contribution in [2.24, 2.45) is 0 Å². The second-order valence-electron chi connectivity index (χ2n) is 6.72. The van der Waals surface area contributed by atoms with Crippen LogP contribution in [0.5, 0.6) is 0 Å². The molecule has 5 heteroatoms. The fourth-order valence-corrected chi connectivity index (χ4v) is 2.19. The number of nitrogens with zero attached hydrogens (tertiary/aromatic N) is 1. The van der Waals surface area contributed by atoms with E-state index in [0.29, 0.717) is 24.2 Å². The minimum atomic E-state index is -0.154. The van der Waals surface area contributed by atoms with Gasteiger partial charge < -0.3 is 15.7 Å². The molecule has 2 aromatic rings. The van der Waals surface area contributed by atoms with Gasteiger partial charge in [0.25, 0.3) is 5.91 Å². The summed E-state index contributed by atoms with van der Waals surface area (Å²) in [4.78, 5) is 16.5. The molecule has 1 amide bonds. The molecule has 3 N–H and O–H groups in total. The van der Waals surface area contributed by atoms with Crippen LogP contribution in [-0.2, 0) is 5.41 Å². The molecule has 0 aliphatic carbocycles. The molecule has 1 heterocycles. The van der Waals surface area contributed by atoms with Gasteiger partial charge in [-0.05, 0) is 41.7 Å². The molecule has 0 unspecified atom stereocenters. The Labute approximate surface area is 143 Å². The molecule has 0 radical (unpaired) electrons. The number of aliphatic hydroxyl groups is 1. The largest absolute Gasteiger partial charge is 0.396 e. The van der Waals surface area contributed by atoms with Crippen LogP contribution in [0.4, 0.5) is 11.5 Å². The number of aliphatic hydroxyl groups excluding tert-OH is 1. The van der Waals surface area contributed by atoms with Crippen LogP contribution < -0.4 is 10.6 Å². The number of benzene rings is 1. The number of anilines is 2. The Bertz CT molecular complexity index is 659. The lowest BCUT2D eigenvalue weighted by Crippen LogP contribution is -2.14. The molecule has 1 aromatic carbocycles. The number of carbonyl (C=O) groups excluding carboxylic acids is 1. The zero-order valence-electron chi connectivity index (χ0n) is 14.5. The van der Waals surface area contributed by atoms with Crippen molar-refractivity contribution in [3.05, 3.63) is 53.7 Å². The number of amides is 1. The fourth-order valence-electron chi connectivity index (χ4n) is 2.19. The first kappa shape index (κ1) is 17.9. The van der Waals surface area contributed by atoms with Crippen molar-refractivity contribution < 1.29 is 9.90 Å². The maximum absolute atomic E-state index is 12.3. The fraction of sp³-hybridized carbons (Fsp3) is 0.368. The minimum Gasteiger partial charge on any atom is -0.396 e. The van der Waals surface area contributed by atoms with E-state index in [9.17, 15) is 4.79 Å². The van der Waals surface area contributed by atoms with Gasteiger partial charge in [0.1, 0.15) is 5.82 Å². The Morgan fingerprint density at radius 3 is 2.38 bits per heavy atom. The molecule has 0 bridgehead atoms. The van der Waals surface area contributed by atoms with Gasteiger partial charge >= 0.3 is 0 Å². The Morgan fingerprint density at radius 1 is 1.12 bits per heavy atom. The lowest BCUT2D eigenvalue weighted by Gasteiger charge is -2.19. The van der Waals surface area contributed by atoms with Gasteiger partial charge in [0, 0.05) is 18.7 Å². The van der Waals surface area contributed by atoms with Crippen LogP contribution in [0.25, 0.3) is 0 Å². The molecule has 0 atom stereocenters. The number of pyridine rings is 1. The van der Waals surface area contributed by atoms with E-state index in [1.54, 1.807) is 18.3 Å². The van der Waals surface area contributed by atoms with E-state index in [-0.39, 0.29) is 17.9 Å². The number of aromatic nitrogens is 1. The highest BCUT2D eigenvalue weighted by atomic mass is 16.3. The predicted molar refractivity (Wildman–Crippen MR) is 97.5 cm³/mol. The van der Waals surface area contributed by atoms with Crippen LogP contribution >= 0.6 is 0 Å². The van der Waals surface area contributed by atoms with Crippen molar-refractivity contribution in [3.8, 4) is 0 Å². The van der Waals surface area contributed by atoms with E-state index in [2.05, 4.69) is 36.4 Å². The Morgan fingerprint density at radius 2 is 1.83 bits per heavy atom. The van der Waals surface area contributed by atoms with Gasteiger partial charge in [0.05, 0.1) is 11.9 Å². The molecule has 0 aliphatic rings. The number of hydrogen-bond acceptors (Lipinski definition) is 4. The summed E-state index contributed by atoms with van der Waals surface area (Å²) in [5.74, 6) is 0.564. The third-order valence-electron chi connectivity index (χ3n) is 3.68. The average Bonchev–Trinajstić information content (AvgIpc) is 2.56. The lowest BCUT2D eigenvalue weighted by atomic mass is 9.87. The van der Waals surface area contributed by atoms with E-state index in [4.69, 9.17) is 5.11 Å². The molecule has 2 rings (SSSR count). The Kier molecular flexibility index (Phi) is 5.93. The van der Waals surface area contributed by atoms with Crippen molar-refractivity contribution >= 4 is 17.4 Å². The molecular weight excluding hydrogens is 302 g/mol. The van der Waals surface area contributed by atoms with Crippen LogP contribution in [0.2, 0.25) is 0 Å². The molecule has 0 saturated heterocycles. The zero-order valence-corrected chi connectivity index (χ0v) is 14.5. The van der Waals surface area contributed by atoms with Crippen molar-refractivity contribution in [2.75, 3.05) is 23.8 Å². The van der Waals surface area contributed by atoms with Gasteiger partial charge in [0.15, 0.2) is 0 Å². The monoisotopic (exact) mass is 327 g/mol. The molecule has 24 heavy (non-hydrogen) atoms. The maximum Gasteiger partial charge on any atom is 0.255 e. The number of hydrogen-bond donors (Lipinski definition) is 3. The Hall–Kier alpha value is -2.40. The molecule has 0 spiro atoms. The van der Waals surface area contributed by atoms with Crippen LogP contribution in [0.15, 0.2) is 42.6 Å². The van der Waals surface area contributed by atoms with Gasteiger partial charge in [-0.25, -0.2) is 4.98 Å². The third-order valence-corrected chi connectivity index (χ3v) is 3.68. The van der Waals surface area contributed by atoms with Gasteiger partial charge in [-0.3, -0.25) is 4.79 Å². The van der Waals surface area contributed by atoms with E-state index in [1.807, 2.05) is 24.3 Å². The van der Waals surface area contributed by atoms with Gasteiger partial charge in [0.2, 0.25) is 0 Å². The number of carbonyl (C=O) groups is 1. The second kappa shape index (κ2) is 7.93. The third kappa shape index (κ3) is 5.06. The molecule has 0 aliphatic heterocycles. The molecule has 1 aromatic heterocycles. The summed E-state index contributed by atoms with van der Waals surface area (Å²) in [5, 5.41) is 14.7. The molecule has 0 saturated carbocycles. The van der Waals surface area contributed by atoms with Crippen LogP contribution in [-0.4, -0.2) is 29.1 Å². The first-order valence-electron chi connectivity index (χ1n) is 8.13. The zero-order chi connectivity index (χ0) is 17.6. The summed E-state index contributed by atoms with van der Waals surface area (Å²) in [7, 11) is 0. The summed E-state index contributed by atoms with van der Waals surface area (Å²) in [6, 6.07) is 11.3. The summed E-state index contributed by atoms with van der Waals surface area (Å²) in [6.45, 7) is 7.24. The standard InChI is InChI=1S/C19H25N3O2/c1-19(2,3)15-7-5-14(6-8-15)18(24)22-16-9-10-17(21-13-16)20-11-4-12-23/h5-10,13,23H,4,11-12H2,1-3H3,(H,20,21)(H,22,24). The smallest absolute Gasteiger partial charge is 0.255 e. The van der Waals surface area contributed by atoms with Crippen molar-refractivity contribution in [1.82, 2.24) is 4.98 Å². The van der Waals surface area contributed by atoms with Crippen molar-refractivity contribution in [3.63, 3.8) is 0 Å². The quantitative estimate of drug-likeness (QED) is 0.711. The van der Waals surface area contributed by atoms with E-state index in [0.717, 1.165) is 5.82 Å². The average molecular weight is 327 g/mol. The Balaban J connectivity index is 1.96. The highest BCUT2D eigenvalue weighted by Crippen LogP contribution is 2.22. The number of rotatable bonds is 6. The predicted octanol–water partition coefficient (Wildman–Crippen LogP) is 3.43. The van der Waals surface area contributed by atoms with Gasteiger partial charge in [-0.2, -0.15) is 0 Å². The second-order valence-corrected chi connectivity index (χ2v) is 6.72. The van der Waals surface area contributed by atoms with Crippen LogP contribution in [0.1, 0.15) is 43.1 Å². The van der Waals surface area contributed by atoms with Gasteiger partial charge in [-0.15, -0.1) is 0 Å². The first-order valence-corrected chi connectivity index (χ1v) is 8.13. The summed E-state index contributed by atoms with van der Waals surface area (Å²) >= 11 is 0. The lowest BCUT2D eigenvalue weighted by molar-refractivity contribution is 0.102. The topological polar surface area (TPSA) is 74.2 Å². The first-order chi connectivity index (χ1) is 11.4. The highest BCUT2D eigenvalue weighted by molar-refractivity contribution is 6.04. The van der Waals surface area contributed by atoms with Crippen LogP contribution in [0.3, 0.4) is 0 Å². The maximum atomic E-state index is 12.3. The molecular formula is C19H25N3O2. The number of nitrogens with one attached hydrogen (secondary N) is 2. The molecule has 5 nitrogen and oxygen atoms in total. The van der Waals surface area contributed by atoms with E-state index in [1.165, 1.54) is 5.56 Å². The minimum absolute atomic E-state index is 0.0672. The SMILES string of the molecule is CC(C)(C)c1ccc(C(=O)Nc2ccc(NCCCO)nc2)cc1. The van der Waals surface area contributed by atoms with Gasteiger partial charge in [-0.1, -0.05) is 32.9 Å². The highest BCUT2D eigenvalue weighted by Gasteiger charge is 2.14. The van der Waals surface area contributed by atoms with E-state index >= 15 is 0 Å². The van der Waals surface area contributed by atoms with Crippen molar-refractivity contribution in [1.29, 1.82) is 0 Å². The summed E-state index contributed by atoms with van der Waals surface area (Å²) < 4.78 is 0. The van der Waals surface area contributed by atoms with Crippen molar-refractivity contribution in [2.45, 2.75) is 32.6 Å².